The first-order valence-electron chi connectivity index (χ1n) is 5.03. The van der Waals surface area contributed by atoms with Crippen LogP contribution in [0.1, 0.15) is 6.42 Å². The Morgan fingerprint density at radius 2 is 2.31 bits per heavy atom. The summed E-state index contributed by atoms with van der Waals surface area (Å²) in [7, 11) is 1.84. The van der Waals surface area contributed by atoms with Gasteiger partial charge in [-0.3, -0.25) is 4.79 Å². The van der Waals surface area contributed by atoms with Crippen LogP contribution in [0.2, 0.25) is 0 Å². The molecule has 1 heterocycles. The predicted molar refractivity (Wildman–Crippen MR) is 70.3 cm³/mol. The Kier molecular flexibility index (Phi) is 3.40. The maximum absolute atomic E-state index is 11.7. The third-order valence-electron chi connectivity index (χ3n) is 2.60. The molecule has 1 saturated heterocycles. The lowest BCUT2D eigenvalue weighted by molar-refractivity contribution is -0.117. The van der Waals surface area contributed by atoms with Crippen molar-refractivity contribution in [1.82, 2.24) is 0 Å². The number of rotatable bonds is 2. The summed E-state index contributed by atoms with van der Waals surface area (Å²) in [6.07, 6.45) is 0.417. The lowest BCUT2D eigenvalue weighted by Gasteiger charge is -2.19. The first kappa shape index (κ1) is 11.7. The Labute approximate surface area is 108 Å². The number of nitrogens with zero attached hydrogens (tertiary/aromatic N) is 1. The smallest absolute Gasteiger partial charge is 0.228 e. The van der Waals surface area contributed by atoms with Crippen LogP contribution in [0.3, 0.4) is 0 Å². The molecule has 0 radical (unpaired) electrons. The predicted octanol–water partition coefficient (Wildman–Crippen LogP) is 2.83. The van der Waals surface area contributed by atoms with Gasteiger partial charge in [0.05, 0.1) is 16.8 Å². The summed E-state index contributed by atoms with van der Waals surface area (Å²) < 4.78 is 0.981. The molecule has 1 fully saturated rings. The highest BCUT2D eigenvalue weighted by Crippen LogP contribution is 2.32. The highest BCUT2D eigenvalue weighted by molar-refractivity contribution is 9.10. The number of benzene rings is 1. The second-order valence-corrected chi connectivity index (χ2v) is 5.25. The summed E-state index contributed by atoms with van der Waals surface area (Å²) in [6.45, 7) is 0.580. The van der Waals surface area contributed by atoms with E-state index in [4.69, 9.17) is 11.6 Å². The van der Waals surface area contributed by atoms with Crippen LogP contribution in [0, 0.1) is 0 Å². The van der Waals surface area contributed by atoms with Gasteiger partial charge in [0.1, 0.15) is 0 Å². The van der Waals surface area contributed by atoms with Crippen LogP contribution >= 0.6 is 27.5 Å². The Bertz CT molecular complexity index is 424. The maximum atomic E-state index is 11.7. The first-order chi connectivity index (χ1) is 7.61. The average Bonchev–Trinajstić information content (AvgIpc) is 2.57. The van der Waals surface area contributed by atoms with Gasteiger partial charge in [0.25, 0.3) is 0 Å². The lowest BCUT2D eigenvalue weighted by Crippen LogP contribution is -2.25. The van der Waals surface area contributed by atoms with E-state index in [0.717, 1.165) is 15.8 Å². The Hall–Kier alpha value is -0.740. The topological polar surface area (TPSA) is 32.3 Å². The van der Waals surface area contributed by atoms with Crippen LogP contribution in [0.15, 0.2) is 22.7 Å². The van der Waals surface area contributed by atoms with Gasteiger partial charge in [-0.15, -0.1) is 11.6 Å². The molecule has 1 aliphatic rings. The fourth-order valence-electron chi connectivity index (χ4n) is 1.84. The van der Waals surface area contributed by atoms with Crippen LogP contribution in [0.4, 0.5) is 11.4 Å². The van der Waals surface area contributed by atoms with Gasteiger partial charge in [-0.05, 0) is 18.2 Å². The van der Waals surface area contributed by atoms with Crippen LogP contribution in [0.5, 0.6) is 0 Å². The minimum atomic E-state index is -0.0825. The van der Waals surface area contributed by atoms with Gasteiger partial charge in [0, 0.05) is 24.5 Å². The van der Waals surface area contributed by atoms with E-state index < -0.39 is 0 Å². The summed E-state index contributed by atoms with van der Waals surface area (Å²) in [5.74, 6) is 0.0822. The molecule has 5 heteroatoms. The Morgan fingerprint density at radius 1 is 1.56 bits per heavy atom. The zero-order valence-electron chi connectivity index (χ0n) is 8.84. The lowest BCUT2D eigenvalue weighted by atomic mass is 10.2. The molecule has 1 N–H and O–H groups in total. The maximum Gasteiger partial charge on any atom is 0.228 e. The van der Waals surface area contributed by atoms with Crippen LogP contribution < -0.4 is 10.2 Å². The van der Waals surface area contributed by atoms with E-state index >= 15 is 0 Å². The van der Waals surface area contributed by atoms with E-state index in [1.165, 1.54) is 0 Å². The first-order valence-corrected chi connectivity index (χ1v) is 6.26. The molecule has 0 aliphatic carbocycles. The van der Waals surface area contributed by atoms with Gasteiger partial charge in [-0.25, -0.2) is 0 Å². The fraction of sp³-hybridized carbons (Fsp3) is 0.364. The number of hydrogen-bond donors (Lipinski definition) is 1. The summed E-state index contributed by atoms with van der Waals surface area (Å²) in [5.41, 5.74) is 1.81. The second kappa shape index (κ2) is 4.63. The second-order valence-electron chi connectivity index (χ2n) is 3.72. The largest absolute Gasteiger partial charge is 0.386 e. The third-order valence-corrected chi connectivity index (χ3v) is 3.38. The summed E-state index contributed by atoms with van der Waals surface area (Å²) in [6, 6.07) is 5.79. The van der Waals surface area contributed by atoms with E-state index in [-0.39, 0.29) is 11.3 Å². The number of amides is 1. The van der Waals surface area contributed by atoms with Gasteiger partial charge in [-0.1, -0.05) is 15.9 Å². The highest BCUT2D eigenvalue weighted by Gasteiger charge is 2.30. The van der Waals surface area contributed by atoms with Crippen molar-refractivity contribution >= 4 is 44.8 Å². The van der Waals surface area contributed by atoms with Crippen molar-refractivity contribution in [1.29, 1.82) is 0 Å². The number of halogens is 2. The SMILES string of the molecule is CNc1cc(Br)ccc1N1CC(Cl)CC1=O. The normalized spacial score (nSPS) is 20.3. The van der Waals surface area contributed by atoms with Crippen molar-refractivity contribution in [3.8, 4) is 0 Å². The van der Waals surface area contributed by atoms with Crippen molar-refractivity contribution < 1.29 is 4.79 Å². The Morgan fingerprint density at radius 3 is 2.88 bits per heavy atom. The van der Waals surface area contributed by atoms with Crippen molar-refractivity contribution in [2.45, 2.75) is 11.8 Å². The van der Waals surface area contributed by atoms with Crippen molar-refractivity contribution in [3.05, 3.63) is 22.7 Å². The van der Waals surface area contributed by atoms with Crippen molar-refractivity contribution in [3.63, 3.8) is 0 Å². The molecule has 2 rings (SSSR count). The van der Waals surface area contributed by atoms with Gasteiger partial charge < -0.3 is 10.2 Å². The monoisotopic (exact) mass is 302 g/mol. The molecule has 1 aromatic rings. The molecule has 1 unspecified atom stereocenters. The number of hydrogen-bond acceptors (Lipinski definition) is 2. The number of carbonyl (C=O) groups excluding carboxylic acids is 1. The molecule has 3 nitrogen and oxygen atoms in total. The van der Waals surface area contributed by atoms with Crippen LogP contribution in [-0.2, 0) is 4.79 Å². The molecular weight excluding hydrogens is 291 g/mol. The molecule has 1 aromatic carbocycles. The molecule has 1 amide bonds. The third kappa shape index (κ3) is 2.18. The van der Waals surface area contributed by atoms with Gasteiger partial charge >= 0.3 is 0 Å². The summed E-state index contributed by atoms with van der Waals surface area (Å²) >= 11 is 9.39. The van der Waals surface area contributed by atoms with Gasteiger partial charge in [0.15, 0.2) is 0 Å². The van der Waals surface area contributed by atoms with E-state index in [2.05, 4.69) is 21.2 Å². The highest BCUT2D eigenvalue weighted by atomic mass is 79.9. The van der Waals surface area contributed by atoms with E-state index in [1.54, 1.807) is 4.90 Å². The molecule has 16 heavy (non-hydrogen) atoms. The molecule has 0 aromatic heterocycles. The van der Waals surface area contributed by atoms with Crippen molar-refractivity contribution in [2.24, 2.45) is 0 Å². The van der Waals surface area contributed by atoms with E-state index in [0.29, 0.717) is 13.0 Å². The molecule has 0 spiro atoms. The number of anilines is 2. The minimum Gasteiger partial charge on any atom is -0.386 e. The van der Waals surface area contributed by atoms with Crippen LogP contribution in [-0.4, -0.2) is 24.9 Å². The molecule has 0 bridgehead atoms. The average molecular weight is 304 g/mol. The quantitative estimate of drug-likeness (QED) is 0.852. The fourth-order valence-corrected chi connectivity index (χ4v) is 2.47. The van der Waals surface area contributed by atoms with E-state index in [9.17, 15) is 4.79 Å². The zero-order chi connectivity index (χ0) is 11.7. The molecule has 1 aliphatic heterocycles. The van der Waals surface area contributed by atoms with Crippen LogP contribution in [0.25, 0.3) is 0 Å². The minimum absolute atomic E-state index is 0.0822. The number of carbonyl (C=O) groups is 1. The number of nitrogens with one attached hydrogen (secondary N) is 1. The Balaban J connectivity index is 2.36. The summed E-state index contributed by atoms with van der Waals surface area (Å²) in [5, 5.41) is 3.00. The molecule has 0 saturated carbocycles. The van der Waals surface area contributed by atoms with Gasteiger partial charge in [-0.2, -0.15) is 0 Å². The van der Waals surface area contributed by atoms with Gasteiger partial charge in [0.2, 0.25) is 5.91 Å². The number of alkyl halides is 1. The molecule has 1 atom stereocenters. The van der Waals surface area contributed by atoms with E-state index in [1.807, 2.05) is 25.2 Å². The zero-order valence-corrected chi connectivity index (χ0v) is 11.2. The molecule has 86 valence electrons. The summed E-state index contributed by atoms with van der Waals surface area (Å²) in [4.78, 5) is 13.5. The molecular formula is C11H12BrClN2O. The van der Waals surface area contributed by atoms with Crippen molar-refractivity contribution in [2.75, 3.05) is 23.8 Å². The standard InChI is InChI=1S/C11H12BrClN2O/c1-14-9-4-7(12)2-3-10(9)15-6-8(13)5-11(15)16/h2-4,8,14H,5-6H2,1H3.